The molecule has 0 N–H and O–H groups in total. The molecule has 1 aliphatic rings. The van der Waals surface area contributed by atoms with Crippen molar-refractivity contribution in [1.82, 2.24) is 13.7 Å². The Bertz CT molecular complexity index is 971. The Kier molecular flexibility index (Phi) is 3.82. The second-order valence-corrected chi connectivity index (χ2v) is 8.22. The number of hydrogen-bond donors (Lipinski definition) is 0. The molecular formula is C14H13ClF2N4O2S. The third-order valence-corrected chi connectivity index (χ3v) is 5.89. The van der Waals surface area contributed by atoms with Crippen LogP contribution in [0, 0.1) is 11.3 Å². The van der Waals surface area contributed by atoms with Crippen molar-refractivity contribution in [2.45, 2.75) is 30.7 Å². The zero-order chi connectivity index (χ0) is 17.9. The minimum atomic E-state index is -4.16. The van der Waals surface area contributed by atoms with E-state index in [2.05, 4.69) is 4.98 Å². The first-order chi connectivity index (χ1) is 11.1. The van der Waals surface area contributed by atoms with Gasteiger partial charge in [-0.3, -0.25) is 4.40 Å². The number of imidazole rings is 1. The summed E-state index contributed by atoms with van der Waals surface area (Å²) in [6.45, 7) is 1.78. The molecule has 3 rings (SSSR count). The number of alkyl halides is 2. The van der Waals surface area contributed by atoms with Crippen LogP contribution in [0.15, 0.2) is 17.3 Å². The zero-order valence-electron chi connectivity index (χ0n) is 12.8. The fraction of sp³-hybridized carbons (Fsp3) is 0.429. The van der Waals surface area contributed by atoms with E-state index in [1.807, 2.05) is 6.07 Å². The molecule has 0 amide bonds. The number of halogens is 3. The maximum absolute atomic E-state index is 13.1. The lowest BCUT2D eigenvalue weighted by Gasteiger charge is -2.37. The van der Waals surface area contributed by atoms with Gasteiger partial charge in [0.15, 0.2) is 5.03 Å². The molecule has 0 aromatic carbocycles. The lowest BCUT2D eigenvalue weighted by molar-refractivity contribution is -0.0946. The van der Waals surface area contributed by atoms with Crippen molar-refractivity contribution < 1.29 is 17.2 Å². The summed E-state index contributed by atoms with van der Waals surface area (Å²) in [6.07, 6.45) is 1.28. The first-order valence-electron chi connectivity index (χ1n) is 7.06. The van der Waals surface area contributed by atoms with Gasteiger partial charge in [-0.1, -0.05) is 25.4 Å². The molecular weight excluding hydrogens is 362 g/mol. The molecule has 0 unspecified atom stereocenters. The molecule has 2 aromatic heterocycles. The summed E-state index contributed by atoms with van der Waals surface area (Å²) in [5.74, 6) is -3.28. The topological polar surface area (TPSA) is 78.5 Å². The highest BCUT2D eigenvalue weighted by Crippen LogP contribution is 2.35. The van der Waals surface area contributed by atoms with Crippen LogP contribution in [-0.2, 0) is 10.0 Å². The molecule has 24 heavy (non-hydrogen) atoms. The maximum atomic E-state index is 13.1. The van der Waals surface area contributed by atoms with Crippen molar-refractivity contribution in [3.63, 3.8) is 0 Å². The average Bonchev–Trinajstić information content (AvgIpc) is 2.82. The minimum absolute atomic E-state index is 0.0584. The van der Waals surface area contributed by atoms with E-state index in [0.717, 1.165) is 0 Å². The summed E-state index contributed by atoms with van der Waals surface area (Å²) in [7, 11) is -4.16. The van der Waals surface area contributed by atoms with Crippen LogP contribution >= 0.6 is 11.6 Å². The summed E-state index contributed by atoms with van der Waals surface area (Å²) in [4.78, 5) is 4.27. The normalized spacial score (nSPS) is 17.9. The first kappa shape index (κ1) is 17.1. The number of rotatable bonds is 3. The minimum Gasteiger partial charge on any atom is -0.288 e. The van der Waals surface area contributed by atoms with E-state index in [1.54, 1.807) is 13.8 Å². The number of fused-ring (bicyclic) bond motifs is 1. The largest absolute Gasteiger partial charge is 0.288 e. The van der Waals surface area contributed by atoms with E-state index in [4.69, 9.17) is 16.9 Å². The highest BCUT2D eigenvalue weighted by molar-refractivity contribution is 7.89. The van der Waals surface area contributed by atoms with Gasteiger partial charge in [0.2, 0.25) is 0 Å². The fourth-order valence-electron chi connectivity index (χ4n) is 2.54. The standard InChI is InChI=1S/C14H13ClF2N4O2S/c1-8(2)12-13(24(22,23)20-6-14(16,17)7-20)21-5-10(15)9(4-18)3-11(21)19-12/h3,5,8H,6-7H2,1-2H3. The van der Waals surface area contributed by atoms with Crippen LogP contribution in [0.4, 0.5) is 8.78 Å². The molecule has 1 fully saturated rings. The Morgan fingerprint density at radius 1 is 1.42 bits per heavy atom. The van der Waals surface area contributed by atoms with Crippen LogP contribution in [0.3, 0.4) is 0 Å². The van der Waals surface area contributed by atoms with Crippen LogP contribution in [-0.4, -0.2) is 41.1 Å². The maximum Gasteiger partial charge on any atom is 0.275 e. The van der Waals surface area contributed by atoms with Crippen LogP contribution in [0.5, 0.6) is 0 Å². The van der Waals surface area contributed by atoms with E-state index in [0.29, 0.717) is 4.31 Å². The summed E-state index contributed by atoms with van der Waals surface area (Å²) >= 11 is 5.99. The van der Waals surface area contributed by atoms with Gasteiger partial charge in [0.25, 0.3) is 15.9 Å². The Labute approximate surface area is 142 Å². The molecule has 0 radical (unpaired) electrons. The fourth-order valence-corrected chi connectivity index (χ4v) is 4.64. The number of nitrogens with zero attached hydrogens (tertiary/aromatic N) is 4. The van der Waals surface area contributed by atoms with Gasteiger partial charge in [0.05, 0.1) is 29.4 Å². The van der Waals surface area contributed by atoms with Gasteiger partial charge in [-0.05, 0) is 5.92 Å². The Morgan fingerprint density at radius 3 is 2.54 bits per heavy atom. The van der Waals surface area contributed by atoms with E-state index in [1.165, 1.54) is 16.7 Å². The van der Waals surface area contributed by atoms with Gasteiger partial charge in [-0.15, -0.1) is 0 Å². The van der Waals surface area contributed by atoms with Crippen LogP contribution < -0.4 is 0 Å². The summed E-state index contributed by atoms with van der Waals surface area (Å²) in [5.41, 5.74) is 0.630. The van der Waals surface area contributed by atoms with E-state index in [9.17, 15) is 17.2 Å². The highest BCUT2D eigenvalue weighted by Gasteiger charge is 2.51. The molecule has 6 nitrogen and oxygen atoms in total. The third-order valence-electron chi connectivity index (χ3n) is 3.76. The quantitative estimate of drug-likeness (QED) is 0.827. The van der Waals surface area contributed by atoms with Gasteiger partial charge in [-0.25, -0.2) is 22.2 Å². The Balaban J connectivity index is 2.24. The second-order valence-electron chi connectivity index (χ2n) is 5.96. The average molecular weight is 375 g/mol. The van der Waals surface area contributed by atoms with Crippen molar-refractivity contribution in [3.8, 4) is 6.07 Å². The van der Waals surface area contributed by atoms with Gasteiger partial charge < -0.3 is 0 Å². The lowest BCUT2D eigenvalue weighted by atomic mass is 10.2. The predicted molar refractivity (Wildman–Crippen MR) is 82.7 cm³/mol. The lowest BCUT2D eigenvalue weighted by Crippen LogP contribution is -2.58. The summed E-state index contributed by atoms with van der Waals surface area (Å²) in [6, 6.07) is 3.27. The molecule has 128 valence electrons. The van der Waals surface area contributed by atoms with E-state index in [-0.39, 0.29) is 32.9 Å². The SMILES string of the molecule is CC(C)c1nc2cc(C#N)c(Cl)cn2c1S(=O)(=O)N1CC(F)(F)C1. The van der Waals surface area contributed by atoms with Crippen molar-refractivity contribution in [3.05, 3.63) is 28.5 Å². The van der Waals surface area contributed by atoms with Gasteiger partial charge in [0.1, 0.15) is 11.7 Å². The molecule has 0 aliphatic carbocycles. The number of nitriles is 1. The summed E-state index contributed by atoms with van der Waals surface area (Å²) in [5, 5.41) is 8.91. The molecule has 3 heterocycles. The van der Waals surface area contributed by atoms with E-state index >= 15 is 0 Å². The molecule has 2 aromatic rings. The van der Waals surface area contributed by atoms with Crippen molar-refractivity contribution in [1.29, 1.82) is 5.26 Å². The van der Waals surface area contributed by atoms with Crippen molar-refractivity contribution in [2.24, 2.45) is 0 Å². The highest BCUT2D eigenvalue weighted by atomic mass is 35.5. The number of sulfonamides is 1. The van der Waals surface area contributed by atoms with Gasteiger partial charge in [-0.2, -0.15) is 9.57 Å². The smallest absolute Gasteiger partial charge is 0.275 e. The van der Waals surface area contributed by atoms with Gasteiger partial charge >= 0.3 is 0 Å². The van der Waals surface area contributed by atoms with E-state index < -0.39 is 29.0 Å². The molecule has 1 aliphatic heterocycles. The monoisotopic (exact) mass is 374 g/mol. The molecule has 0 atom stereocenters. The molecule has 0 spiro atoms. The molecule has 1 saturated heterocycles. The summed E-state index contributed by atoms with van der Waals surface area (Å²) < 4.78 is 53.8. The molecule has 0 bridgehead atoms. The molecule has 0 saturated carbocycles. The van der Waals surface area contributed by atoms with Crippen LogP contribution in [0.25, 0.3) is 5.65 Å². The van der Waals surface area contributed by atoms with Gasteiger partial charge in [0, 0.05) is 12.3 Å². The third kappa shape index (κ3) is 2.55. The number of aromatic nitrogens is 2. The second kappa shape index (κ2) is 5.37. The van der Waals surface area contributed by atoms with Crippen molar-refractivity contribution >= 4 is 27.3 Å². The number of pyridine rings is 1. The number of hydrogen-bond acceptors (Lipinski definition) is 4. The first-order valence-corrected chi connectivity index (χ1v) is 8.88. The van der Waals surface area contributed by atoms with Crippen LogP contribution in [0.2, 0.25) is 5.02 Å². The predicted octanol–water partition coefficient (Wildman–Crippen LogP) is 2.62. The zero-order valence-corrected chi connectivity index (χ0v) is 14.4. The Hall–Kier alpha value is -1.76. The van der Waals surface area contributed by atoms with Crippen LogP contribution in [0.1, 0.15) is 31.0 Å². The Morgan fingerprint density at radius 2 is 2.04 bits per heavy atom. The van der Waals surface area contributed by atoms with Crippen molar-refractivity contribution in [2.75, 3.05) is 13.1 Å². The molecule has 10 heteroatoms.